The molecule has 1 amide bonds. The smallest absolute Gasteiger partial charge is 0.416 e. The van der Waals surface area contributed by atoms with Crippen molar-refractivity contribution in [2.45, 2.75) is 31.7 Å². The molecule has 3 aliphatic rings. The average molecular weight is 498 g/mol. The summed E-state index contributed by atoms with van der Waals surface area (Å²) >= 11 is 0. The molecule has 0 atom stereocenters. The van der Waals surface area contributed by atoms with Gasteiger partial charge in [-0.3, -0.25) is 10.0 Å². The largest absolute Gasteiger partial charge is 0.477 e. The van der Waals surface area contributed by atoms with Crippen LogP contribution in [0.25, 0.3) is 0 Å². The van der Waals surface area contributed by atoms with E-state index >= 15 is 0 Å². The predicted octanol–water partition coefficient (Wildman–Crippen LogP) is 5.72. The SMILES string of the molecule is O=C1C2=C(OCCCN1Cc1cc(C(F)(F)F)cc(C(F)(F)F)c1)N(O)C=CC2=C1C=CC=CC1. The standard InChI is InChI=1S/C24H20F6N2O3/c25-23(26,27)17-11-15(12-18(13-17)24(28,29)30)14-31-8-4-10-35-22-20(21(31)33)19(7-9-32(22)34)16-5-2-1-3-6-16/h1-3,5,7,9,11-13,34H,4,6,8,10,14H2. The lowest BCUT2D eigenvalue weighted by atomic mass is 9.92. The molecule has 186 valence electrons. The van der Waals surface area contributed by atoms with Crippen LogP contribution < -0.4 is 0 Å². The summed E-state index contributed by atoms with van der Waals surface area (Å²) in [6.45, 7) is -0.390. The highest BCUT2D eigenvalue weighted by Gasteiger charge is 2.38. The average Bonchev–Trinajstić information content (AvgIpc) is 2.79. The van der Waals surface area contributed by atoms with E-state index < -0.39 is 35.9 Å². The number of alkyl halides is 6. The van der Waals surface area contributed by atoms with Gasteiger partial charge in [-0.05, 0) is 53.8 Å². The fourth-order valence-corrected chi connectivity index (χ4v) is 4.02. The number of allylic oxidation sites excluding steroid dienone is 6. The first-order valence-corrected chi connectivity index (χ1v) is 10.6. The first-order chi connectivity index (χ1) is 16.4. The van der Waals surface area contributed by atoms with Gasteiger partial charge in [0.2, 0.25) is 5.88 Å². The van der Waals surface area contributed by atoms with Crippen molar-refractivity contribution < 1.29 is 41.1 Å². The number of hydroxylamine groups is 2. The highest BCUT2D eigenvalue weighted by Crippen LogP contribution is 2.37. The van der Waals surface area contributed by atoms with Crippen LogP contribution in [0.15, 0.2) is 77.4 Å². The van der Waals surface area contributed by atoms with Gasteiger partial charge < -0.3 is 9.64 Å². The van der Waals surface area contributed by atoms with Crippen molar-refractivity contribution in [3.63, 3.8) is 0 Å². The molecule has 0 saturated heterocycles. The Morgan fingerprint density at radius 3 is 2.26 bits per heavy atom. The second kappa shape index (κ2) is 9.29. The lowest BCUT2D eigenvalue weighted by Gasteiger charge is -2.32. The summed E-state index contributed by atoms with van der Waals surface area (Å²) in [7, 11) is 0. The Morgan fingerprint density at radius 2 is 1.66 bits per heavy atom. The Balaban J connectivity index is 1.75. The van der Waals surface area contributed by atoms with E-state index in [9.17, 15) is 36.3 Å². The molecule has 0 unspecified atom stereocenters. The zero-order valence-corrected chi connectivity index (χ0v) is 18.2. The van der Waals surface area contributed by atoms with E-state index in [0.29, 0.717) is 29.2 Å². The van der Waals surface area contributed by atoms with Crippen molar-refractivity contribution >= 4 is 5.91 Å². The van der Waals surface area contributed by atoms with Crippen LogP contribution in [0.5, 0.6) is 0 Å². The van der Waals surface area contributed by atoms with Gasteiger partial charge in [0.05, 0.1) is 17.7 Å². The van der Waals surface area contributed by atoms with E-state index in [4.69, 9.17) is 4.74 Å². The first-order valence-electron chi connectivity index (χ1n) is 10.6. The predicted molar refractivity (Wildman–Crippen MR) is 112 cm³/mol. The van der Waals surface area contributed by atoms with Crippen molar-refractivity contribution in [1.82, 2.24) is 9.96 Å². The molecule has 0 aromatic heterocycles. The molecule has 0 saturated carbocycles. The monoisotopic (exact) mass is 498 g/mol. The summed E-state index contributed by atoms with van der Waals surface area (Å²) in [5.41, 5.74) is -2.05. The minimum absolute atomic E-state index is 0.0207. The van der Waals surface area contributed by atoms with Gasteiger partial charge in [-0.15, -0.1) is 0 Å². The maximum Gasteiger partial charge on any atom is 0.416 e. The van der Waals surface area contributed by atoms with Crippen molar-refractivity contribution in [1.29, 1.82) is 0 Å². The Labute approximate surface area is 196 Å². The van der Waals surface area contributed by atoms with E-state index in [-0.39, 0.29) is 42.7 Å². The Morgan fingerprint density at radius 1 is 0.971 bits per heavy atom. The number of rotatable bonds is 2. The molecule has 1 aromatic carbocycles. The van der Waals surface area contributed by atoms with Crippen molar-refractivity contribution in [3.05, 3.63) is 94.1 Å². The fourth-order valence-electron chi connectivity index (χ4n) is 4.02. The van der Waals surface area contributed by atoms with Crippen LogP contribution in [0.1, 0.15) is 29.5 Å². The molecular formula is C24H20F6N2O3. The number of ether oxygens (including phenoxy) is 1. The Hall–Kier alpha value is -3.47. The van der Waals surface area contributed by atoms with Crippen molar-refractivity contribution in [3.8, 4) is 0 Å². The molecule has 35 heavy (non-hydrogen) atoms. The quantitative estimate of drug-likeness (QED) is 0.531. The van der Waals surface area contributed by atoms with Crippen molar-refractivity contribution in [2.24, 2.45) is 0 Å². The summed E-state index contributed by atoms with van der Waals surface area (Å²) in [5.74, 6) is -0.827. The molecule has 0 fully saturated rings. The third-order valence-electron chi connectivity index (χ3n) is 5.64. The van der Waals surface area contributed by atoms with Gasteiger partial charge in [-0.1, -0.05) is 24.3 Å². The number of carbonyl (C=O) groups excluding carboxylic acids is 1. The van der Waals surface area contributed by atoms with E-state index in [2.05, 4.69) is 0 Å². The molecule has 2 heterocycles. The molecule has 0 radical (unpaired) electrons. The van der Waals surface area contributed by atoms with Crippen LogP contribution in [0, 0.1) is 0 Å². The van der Waals surface area contributed by atoms with Crippen LogP contribution in [0.2, 0.25) is 0 Å². The van der Waals surface area contributed by atoms with Crippen LogP contribution in [0.3, 0.4) is 0 Å². The second-order valence-electron chi connectivity index (χ2n) is 8.11. The molecule has 1 N–H and O–H groups in total. The number of benzene rings is 1. The van der Waals surface area contributed by atoms with Crippen LogP contribution in [-0.2, 0) is 28.4 Å². The number of carbonyl (C=O) groups is 1. The van der Waals surface area contributed by atoms with Gasteiger partial charge in [0.25, 0.3) is 5.91 Å². The number of hydrogen-bond donors (Lipinski definition) is 1. The van der Waals surface area contributed by atoms with Gasteiger partial charge in [-0.2, -0.15) is 31.4 Å². The highest BCUT2D eigenvalue weighted by atomic mass is 19.4. The minimum Gasteiger partial charge on any atom is -0.477 e. The third-order valence-corrected chi connectivity index (χ3v) is 5.64. The normalized spacial score (nSPS) is 21.2. The van der Waals surface area contributed by atoms with E-state index in [1.165, 1.54) is 17.2 Å². The van der Waals surface area contributed by atoms with Crippen LogP contribution >= 0.6 is 0 Å². The maximum atomic E-state index is 13.6. The number of nitrogens with zero attached hydrogens (tertiary/aromatic N) is 2. The van der Waals surface area contributed by atoms with Gasteiger partial charge in [0, 0.05) is 19.3 Å². The molecule has 4 rings (SSSR count). The number of hydrogen-bond acceptors (Lipinski definition) is 4. The van der Waals surface area contributed by atoms with Gasteiger partial charge in [-0.25, -0.2) is 0 Å². The number of halogens is 6. The maximum absolute atomic E-state index is 13.6. The highest BCUT2D eigenvalue weighted by molar-refractivity contribution is 6.00. The lowest BCUT2D eigenvalue weighted by molar-refractivity contribution is -0.143. The molecular weight excluding hydrogens is 478 g/mol. The number of amides is 1. The first kappa shape index (κ1) is 24.6. The Kier molecular flexibility index (Phi) is 6.54. The molecule has 11 heteroatoms. The fraction of sp³-hybridized carbons (Fsp3) is 0.292. The summed E-state index contributed by atoms with van der Waals surface area (Å²) in [5, 5.41) is 10.9. The lowest BCUT2D eigenvalue weighted by Crippen LogP contribution is -2.38. The molecule has 2 aliphatic heterocycles. The van der Waals surface area contributed by atoms with Gasteiger partial charge in [0.1, 0.15) is 5.57 Å². The molecule has 5 nitrogen and oxygen atoms in total. The summed E-state index contributed by atoms with van der Waals surface area (Å²) in [6, 6.07) is 1.27. The second-order valence-corrected chi connectivity index (χ2v) is 8.11. The minimum atomic E-state index is -5.00. The third kappa shape index (κ3) is 5.29. The van der Waals surface area contributed by atoms with Crippen LogP contribution in [0.4, 0.5) is 26.3 Å². The van der Waals surface area contributed by atoms with E-state index in [0.717, 1.165) is 5.57 Å². The molecule has 1 aromatic rings. The topological polar surface area (TPSA) is 53.0 Å². The van der Waals surface area contributed by atoms with E-state index in [1.807, 2.05) is 12.2 Å². The summed E-state index contributed by atoms with van der Waals surface area (Å²) in [6.07, 6.45) is 0.754. The van der Waals surface area contributed by atoms with Crippen LogP contribution in [-0.4, -0.2) is 34.2 Å². The van der Waals surface area contributed by atoms with Gasteiger partial charge in [0.15, 0.2) is 0 Å². The zero-order chi connectivity index (χ0) is 25.4. The van der Waals surface area contributed by atoms with Gasteiger partial charge >= 0.3 is 12.4 Å². The van der Waals surface area contributed by atoms with E-state index in [1.54, 1.807) is 12.2 Å². The zero-order valence-electron chi connectivity index (χ0n) is 18.2. The molecule has 0 bridgehead atoms. The molecule has 0 spiro atoms. The van der Waals surface area contributed by atoms with Crippen molar-refractivity contribution in [2.75, 3.05) is 13.2 Å². The summed E-state index contributed by atoms with van der Waals surface area (Å²) < 4.78 is 85.4. The Bertz CT molecular complexity index is 1140. The molecule has 1 aliphatic carbocycles. The summed E-state index contributed by atoms with van der Waals surface area (Å²) in [4.78, 5) is 14.8.